The molecule has 2 saturated carbocycles. The largest absolute Gasteiger partial charge is 0.301 e. The number of likely N-dealkylation sites (tertiary alicyclic amines) is 1. The lowest BCUT2D eigenvalue weighted by Gasteiger charge is -2.44. The molecule has 2 amide bonds. The predicted molar refractivity (Wildman–Crippen MR) is 102 cm³/mol. The van der Waals surface area contributed by atoms with Crippen molar-refractivity contribution in [3.63, 3.8) is 0 Å². The molecule has 5 nitrogen and oxygen atoms in total. The zero-order valence-electron chi connectivity index (χ0n) is 16.2. The average molecular weight is 362 g/mol. The minimum Gasteiger partial charge on any atom is -0.301 e. The van der Waals surface area contributed by atoms with E-state index in [-0.39, 0.29) is 11.8 Å². The molecule has 4 rings (SSSR count). The van der Waals surface area contributed by atoms with Crippen LogP contribution in [-0.4, -0.2) is 71.8 Å². The molecule has 4 fully saturated rings. The zero-order valence-corrected chi connectivity index (χ0v) is 16.2. The van der Waals surface area contributed by atoms with Gasteiger partial charge in [-0.05, 0) is 56.9 Å². The van der Waals surface area contributed by atoms with E-state index in [2.05, 4.69) is 9.80 Å². The number of carbonyl (C=O) groups excluding carboxylic acids is 2. The van der Waals surface area contributed by atoms with Crippen molar-refractivity contribution in [2.45, 2.75) is 70.3 Å². The summed E-state index contributed by atoms with van der Waals surface area (Å²) in [4.78, 5) is 30.6. The first-order valence-corrected chi connectivity index (χ1v) is 11.0. The smallest absolute Gasteiger partial charge is 0.229 e. The number of rotatable bonds is 6. The first-order valence-electron chi connectivity index (χ1n) is 11.0. The van der Waals surface area contributed by atoms with Crippen molar-refractivity contribution in [1.29, 1.82) is 0 Å². The molecule has 2 saturated heterocycles. The lowest BCUT2D eigenvalue weighted by molar-refractivity contribution is -0.148. The van der Waals surface area contributed by atoms with Gasteiger partial charge >= 0.3 is 0 Å². The van der Waals surface area contributed by atoms with Gasteiger partial charge in [-0.2, -0.15) is 0 Å². The van der Waals surface area contributed by atoms with Gasteiger partial charge in [0.2, 0.25) is 11.8 Å². The van der Waals surface area contributed by atoms with E-state index in [0.717, 1.165) is 50.4 Å². The van der Waals surface area contributed by atoms with Crippen LogP contribution in [0.1, 0.15) is 64.2 Å². The Morgan fingerprint density at radius 3 is 2.15 bits per heavy atom. The van der Waals surface area contributed by atoms with Gasteiger partial charge in [0.15, 0.2) is 0 Å². The molecule has 0 radical (unpaired) electrons. The summed E-state index contributed by atoms with van der Waals surface area (Å²) in [7, 11) is 0. The summed E-state index contributed by atoms with van der Waals surface area (Å²) in [5.41, 5.74) is 0. The van der Waals surface area contributed by atoms with Gasteiger partial charge in [-0.25, -0.2) is 0 Å². The summed E-state index contributed by atoms with van der Waals surface area (Å²) in [6.45, 7) is 6.34. The molecule has 2 aliphatic carbocycles. The molecule has 0 aromatic carbocycles. The molecular weight excluding hydrogens is 326 g/mol. The van der Waals surface area contributed by atoms with Gasteiger partial charge in [0.05, 0.1) is 0 Å². The number of hydrogen-bond acceptors (Lipinski definition) is 4. The van der Waals surface area contributed by atoms with Gasteiger partial charge in [-0.15, -0.1) is 0 Å². The Balaban J connectivity index is 1.19. The van der Waals surface area contributed by atoms with Gasteiger partial charge < -0.3 is 4.90 Å². The Kier molecular flexibility index (Phi) is 5.94. The Hall–Kier alpha value is -0.940. The Morgan fingerprint density at radius 1 is 0.769 bits per heavy atom. The molecule has 5 heteroatoms. The molecule has 0 spiro atoms. The van der Waals surface area contributed by atoms with Crippen LogP contribution in [0.4, 0.5) is 0 Å². The maximum absolute atomic E-state index is 11.9. The highest BCUT2D eigenvalue weighted by molar-refractivity contribution is 5.97. The van der Waals surface area contributed by atoms with Crippen molar-refractivity contribution in [3.05, 3.63) is 0 Å². The van der Waals surface area contributed by atoms with Crippen LogP contribution < -0.4 is 0 Å². The molecule has 0 bridgehead atoms. The maximum atomic E-state index is 11.9. The topological polar surface area (TPSA) is 43.9 Å². The van der Waals surface area contributed by atoms with Crippen molar-refractivity contribution >= 4 is 11.8 Å². The zero-order chi connectivity index (χ0) is 17.9. The summed E-state index contributed by atoms with van der Waals surface area (Å²) in [6.07, 6.45) is 11.5. The summed E-state index contributed by atoms with van der Waals surface area (Å²) in [6, 6.07) is 0.849. The van der Waals surface area contributed by atoms with E-state index in [1.165, 1.54) is 56.5 Å². The Morgan fingerprint density at radius 2 is 1.46 bits per heavy atom. The number of nitrogens with zero attached hydrogens (tertiary/aromatic N) is 3. The molecule has 0 N–H and O–H groups in total. The van der Waals surface area contributed by atoms with E-state index in [1.54, 1.807) is 0 Å². The third-order valence-corrected chi connectivity index (χ3v) is 7.12. The highest BCUT2D eigenvalue weighted by Gasteiger charge is 2.40. The summed E-state index contributed by atoms with van der Waals surface area (Å²) < 4.78 is 0. The fraction of sp³-hybridized carbons (Fsp3) is 0.905. The van der Waals surface area contributed by atoms with Gasteiger partial charge in [0.1, 0.15) is 0 Å². The molecule has 2 atom stereocenters. The summed E-state index contributed by atoms with van der Waals surface area (Å²) >= 11 is 0. The van der Waals surface area contributed by atoms with E-state index in [4.69, 9.17) is 0 Å². The second-order valence-corrected chi connectivity index (χ2v) is 8.88. The van der Waals surface area contributed by atoms with Gasteiger partial charge in [-0.3, -0.25) is 19.4 Å². The number of hydrogen-bond donors (Lipinski definition) is 0. The lowest BCUT2D eigenvalue weighted by atomic mass is 9.80. The van der Waals surface area contributed by atoms with Crippen LogP contribution >= 0.6 is 0 Å². The molecule has 2 unspecified atom stereocenters. The first kappa shape index (κ1) is 18.4. The highest BCUT2D eigenvalue weighted by Crippen LogP contribution is 2.45. The normalized spacial score (nSPS) is 32.2. The number of carbonyl (C=O) groups is 2. The predicted octanol–water partition coefficient (Wildman–Crippen LogP) is 2.50. The van der Waals surface area contributed by atoms with Crippen molar-refractivity contribution < 1.29 is 9.59 Å². The number of piperidine rings is 1. The number of amides is 2. The van der Waals surface area contributed by atoms with Gasteiger partial charge in [-0.1, -0.05) is 12.8 Å². The molecular formula is C21H35N3O2. The minimum absolute atomic E-state index is 0.0366. The first-order chi connectivity index (χ1) is 12.7. The van der Waals surface area contributed by atoms with Crippen molar-refractivity contribution in [3.8, 4) is 0 Å². The fourth-order valence-electron chi connectivity index (χ4n) is 5.49. The Labute approximate surface area is 158 Å². The lowest BCUT2D eigenvalue weighted by Crippen LogP contribution is -2.53. The average Bonchev–Trinajstić information content (AvgIpc) is 3.50. The fourth-order valence-corrected chi connectivity index (χ4v) is 5.49. The van der Waals surface area contributed by atoms with Crippen LogP contribution in [-0.2, 0) is 9.59 Å². The molecule has 4 aliphatic rings. The number of imide groups is 1. The van der Waals surface area contributed by atoms with Crippen LogP contribution in [0.15, 0.2) is 0 Å². The van der Waals surface area contributed by atoms with Crippen LogP contribution in [0.25, 0.3) is 0 Å². The minimum atomic E-state index is 0.0366. The second-order valence-electron chi connectivity index (χ2n) is 8.88. The molecule has 2 aliphatic heterocycles. The molecule has 26 heavy (non-hydrogen) atoms. The van der Waals surface area contributed by atoms with Gasteiger partial charge in [0.25, 0.3) is 0 Å². The molecule has 146 valence electrons. The van der Waals surface area contributed by atoms with E-state index in [0.29, 0.717) is 19.4 Å². The van der Waals surface area contributed by atoms with Crippen LogP contribution in [0.3, 0.4) is 0 Å². The van der Waals surface area contributed by atoms with E-state index in [1.807, 2.05) is 0 Å². The van der Waals surface area contributed by atoms with Crippen LogP contribution in [0.2, 0.25) is 0 Å². The van der Waals surface area contributed by atoms with Crippen molar-refractivity contribution in [1.82, 2.24) is 14.7 Å². The van der Waals surface area contributed by atoms with Crippen LogP contribution in [0.5, 0.6) is 0 Å². The number of piperazine rings is 1. The molecule has 0 aromatic heterocycles. The summed E-state index contributed by atoms with van der Waals surface area (Å²) in [5, 5.41) is 0. The van der Waals surface area contributed by atoms with Crippen LogP contribution in [0, 0.1) is 11.8 Å². The second kappa shape index (κ2) is 8.39. The molecule has 2 heterocycles. The third-order valence-electron chi connectivity index (χ3n) is 7.12. The quantitative estimate of drug-likeness (QED) is 0.682. The van der Waals surface area contributed by atoms with E-state index >= 15 is 0 Å². The maximum Gasteiger partial charge on any atom is 0.229 e. The highest BCUT2D eigenvalue weighted by atomic mass is 16.2. The molecule has 0 aromatic rings. The van der Waals surface area contributed by atoms with E-state index < -0.39 is 0 Å². The SMILES string of the molecule is O=C1CCCC(=O)N1CCCN1CCN(C2CCCCC2C2CC2)CC1. The Bertz CT molecular complexity index is 495. The summed E-state index contributed by atoms with van der Waals surface area (Å²) in [5.74, 6) is 2.09. The van der Waals surface area contributed by atoms with Gasteiger partial charge in [0, 0.05) is 51.6 Å². The third kappa shape index (κ3) is 4.30. The standard InChI is InChI=1S/C21H35N3O2/c25-20-7-3-8-21(26)24(20)12-4-11-22-13-15-23(16-14-22)19-6-2-1-5-18(19)17-9-10-17/h17-19H,1-16H2. The monoisotopic (exact) mass is 361 g/mol. The van der Waals surface area contributed by atoms with E-state index in [9.17, 15) is 9.59 Å². The van der Waals surface area contributed by atoms with Crippen molar-refractivity contribution in [2.75, 3.05) is 39.3 Å². The van der Waals surface area contributed by atoms with Crippen molar-refractivity contribution in [2.24, 2.45) is 11.8 Å².